The fourth-order valence-electron chi connectivity index (χ4n) is 4.67. The second-order valence-electron chi connectivity index (χ2n) is 10.2. The minimum atomic E-state index is -0.706. The quantitative estimate of drug-likeness (QED) is 0.359. The molecule has 3 rings (SSSR count). The van der Waals surface area contributed by atoms with Gasteiger partial charge in [-0.3, -0.25) is 9.59 Å². The molecule has 0 bridgehead atoms. The molecule has 188 valence electrons. The molecule has 6 heteroatoms. The zero-order chi connectivity index (χ0) is 25.9. The van der Waals surface area contributed by atoms with E-state index in [0.29, 0.717) is 24.4 Å². The molecule has 1 unspecified atom stereocenters. The molecular formula is C29H38N2O4. The Kier molecular flexibility index (Phi) is 8.06. The first-order valence-corrected chi connectivity index (χ1v) is 12.4. The van der Waals surface area contributed by atoms with Gasteiger partial charge < -0.3 is 19.6 Å². The molecule has 35 heavy (non-hydrogen) atoms. The SMILES string of the molecule is CC[NH+](CC)CCN1C(=O)C(=O)C(=C([O-])c2ccc(OC)c(C)c2)C1c1ccc(C(C)(C)C)cc1. The van der Waals surface area contributed by atoms with Gasteiger partial charge in [0.15, 0.2) is 0 Å². The van der Waals surface area contributed by atoms with Crippen LogP contribution in [0.4, 0.5) is 0 Å². The highest BCUT2D eigenvalue weighted by atomic mass is 16.5. The standard InChI is InChI=1S/C29H38N2O4/c1-8-30(9-2)16-17-31-25(20-10-13-22(14-11-20)29(4,5)6)24(27(33)28(31)34)26(32)21-12-15-23(35-7)19(3)18-21/h10-15,18,25,32H,8-9,16-17H2,1-7H3. The van der Waals surface area contributed by atoms with Crippen molar-refractivity contribution in [2.75, 3.05) is 33.3 Å². The summed E-state index contributed by atoms with van der Waals surface area (Å²) in [5, 5.41) is 13.7. The van der Waals surface area contributed by atoms with E-state index in [2.05, 4.69) is 34.6 Å². The lowest BCUT2D eigenvalue weighted by molar-refractivity contribution is -0.895. The van der Waals surface area contributed by atoms with Crippen molar-refractivity contribution in [3.63, 3.8) is 0 Å². The van der Waals surface area contributed by atoms with E-state index in [4.69, 9.17) is 4.74 Å². The topological polar surface area (TPSA) is 74.1 Å². The van der Waals surface area contributed by atoms with Gasteiger partial charge in [0.2, 0.25) is 5.78 Å². The summed E-state index contributed by atoms with van der Waals surface area (Å²) in [4.78, 5) is 29.4. The molecule has 1 aliphatic heterocycles. The fraction of sp³-hybridized carbons (Fsp3) is 0.448. The molecule has 1 N–H and O–H groups in total. The number of quaternary nitrogens is 1. The van der Waals surface area contributed by atoms with E-state index in [1.54, 1.807) is 30.2 Å². The molecule has 2 aromatic carbocycles. The molecule has 2 aromatic rings. The summed E-state index contributed by atoms with van der Waals surface area (Å²) in [6.45, 7) is 15.4. The van der Waals surface area contributed by atoms with E-state index in [0.717, 1.165) is 29.8 Å². The minimum Gasteiger partial charge on any atom is -0.872 e. The fourth-order valence-corrected chi connectivity index (χ4v) is 4.67. The lowest BCUT2D eigenvalue weighted by Gasteiger charge is -2.29. The molecule has 1 heterocycles. The highest BCUT2D eigenvalue weighted by Crippen LogP contribution is 2.39. The Labute approximate surface area is 209 Å². The number of likely N-dealkylation sites (N-methyl/N-ethyl adjacent to an activating group) is 1. The maximum atomic E-state index is 13.7. The molecule has 1 aliphatic rings. The zero-order valence-electron chi connectivity index (χ0n) is 22.0. The van der Waals surface area contributed by atoms with Crippen molar-refractivity contribution in [3.05, 3.63) is 70.3 Å². The second kappa shape index (κ2) is 10.6. The maximum Gasteiger partial charge on any atom is 0.295 e. The number of hydrogen-bond donors (Lipinski definition) is 1. The van der Waals surface area contributed by atoms with Crippen molar-refractivity contribution in [1.29, 1.82) is 0 Å². The highest BCUT2D eigenvalue weighted by molar-refractivity contribution is 6.46. The second-order valence-corrected chi connectivity index (χ2v) is 10.2. The van der Waals surface area contributed by atoms with Crippen LogP contribution in [0.1, 0.15) is 62.9 Å². The Bertz CT molecular complexity index is 1110. The van der Waals surface area contributed by atoms with E-state index < -0.39 is 23.5 Å². The lowest BCUT2D eigenvalue weighted by atomic mass is 9.85. The molecule has 0 spiro atoms. The normalized spacial score (nSPS) is 17.9. The Morgan fingerprint density at radius 1 is 1.06 bits per heavy atom. The van der Waals surface area contributed by atoms with Gasteiger partial charge in [0.1, 0.15) is 5.75 Å². The van der Waals surface area contributed by atoms with E-state index in [9.17, 15) is 14.7 Å². The molecule has 1 saturated heterocycles. The average Bonchev–Trinajstić information content (AvgIpc) is 3.08. The molecular weight excluding hydrogens is 440 g/mol. The van der Waals surface area contributed by atoms with Crippen LogP contribution in [-0.4, -0.2) is 49.9 Å². The number of amides is 1. The third-order valence-corrected chi connectivity index (χ3v) is 6.99. The summed E-state index contributed by atoms with van der Waals surface area (Å²) in [5.41, 5.74) is 3.10. The van der Waals surface area contributed by atoms with Gasteiger partial charge in [-0.15, -0.1) is 0 Å². The monoisotopic (exact) mass is 478 g/mol. The number of aryl methyl sites for hydroxylation is 1. The van der Waals surface area contributed by atoms with E-state index in [1.807, 2.05) is 31.2 Å². The van der Waals surface area contributed by atoms with Gasteiger partial charge in [-0.2, -0.15) is 0 Å². The van der Waals surface area contributed by atoms with Gasteiger partial charge in [0.05, 0.1) is 39.3 Å². The van der Waals surface area contributed by atoms with Crippen LogP contribution < -0.4 is 14.7 Å². The Morgan fingerprint density at radius 3 is 2.20 bits per heavy atom. The van der Waals surface area contributed by atoms with Gasteiger partial charge in [-0.05, 0) is 60.6 Å². The van der Waals surface area contributed by atoms with Gasteiger partial charge in [0, 0.05) is 5.57 Å². The number of methoxy groups -OCH3 is 1. The number of hydrogen-bond acceptors (Lipinski definition) is 4. The van der Waals surface area contributed by atoms with Crippen molar-refractivity contribution in [2.24, 2.45) is 0 Å². The van der Waals surface area contributed by atoms with E-state index >= 15 is 0 Å². The van der Waals surface area contributed by atoms with Crippen LogP contribution in [0, 0.1) is 6.92 Å². The van der Waals surface area contributed by atoms with Crippen LogP contribution in [-0.2, 0) is 15.0 Å². The van der Waals surface area contributed by atoms with E-state index in [-0.39, 0.29) is 11.0 Å². The predicted octanol–water partition coefficient (Wildman–Crippen LogP) is 2.45. The van der Waals surface area contributed by atoms with Crippen LogP contribution in [0.2, 0.25) is 0 Å². The summed E-state index contributed by atoms with van der Waals surface area (Å²) >= 11 is 0. The minimum absolute atomic E-state index is 0.0256. The summed E-state index contributed by atoms with van der Waals surface area (Å²) in [6.07, 6.45) is 0. The zero-order valence-corrected chi connectivity index (χ0v) is 22.0. The first-order chi connectivity index (χ1) is 16.5. The smallest absolute Gasteiger partial charge is 0.295 e. The molecule has 0 aliphatic carbocycles. The summed E-state index contributed by atoms with van der Waals surface area (Å²) < 4.78 is 5.32. The average molecular weight is 479 g/mol. The largest absolute Gasteiger partial charge is 0.872 e. The first kappa shape index (κ1) is 26.5. The van der Waals surface area contributed by atoms with Gasteiger partial charge in [-0.25, -0.2) is 0 Å². The van der Waals surface area contributed by atoms with Crippen molar-refractivity contribution in [1.82, 2.24) is 4.90 Å². The van der Waals surface area contributed by atoms with Crippen LogP contribution in [0.3, 0.4) is 0 Å². The Morgan fingerprint density at radius 2 is 1.69 bits per heavy atom. The van der Waals surface area contributed by atoms with Gasteiger partial charge in [-0.1, -0.05) is 56.9 Å². The maximum absolute atomic E-state index is 13.7. The summed E-state index contributed by atoms with van der Waals surface area (Å²) in [6, 6.07) is 12.3. The molecule has 1 amide bonds. The molecule has 1 fully saturated rings. The van der Waals surface area contributed by atoms with Crippen molar-refractivity contribution in [2.45, 2.75) is 53.0 Å². The number of nitrogens with zero attached hydrogens (tertiary/aromatic N) is 1. The molecule has 1 atom stereocenters. The third kappa shape index (κ3) is 5.43. The highest BCUT2D eigenvalue weighted by Gasteiger charge is 2.44. The molecule has 0 aromatic heterocycles. The number of nitrogens with one attached hydrogen (secondary N) is 1. The molecule has 0 radical (unpaired) electrons. The summed E-state index contributed by atoms with van der Waals surface area (Å²) in [5.74, 6) is -1.05. The van der Waals surface area contributed by atoms with Gasteiger partial charge in [0.25, 0.3) is 5.91 Å². The van der Waals surface area contributed by atoms with Crippen molar-refractivity contribution >= 4 is 17.4 Å². The number of carbonyl (C=O) groups is 2. The molecule has 0 saturated carbocycles. The van der Waals surface area contributed by atoms with E-state index in [1.165, 1.54) is 4.90 Å². The Hall–Kier alpha value is -3.12. The summed E-state index contributed by atoms with van der Waals surface area (Å²) in [7, 11) is 1.57. The number of ether oxygens (including phenoxy) is 1. The molecule has 6 nitrogen and oxygen atoms in total. The van der Waals surface area contributed by atoms with Crippen LogP contribution >= 0.6 is 0 Å². The van der Waals surface area contributed by atoms with Crippen molar-refractivity contribution < 1.29 is 24.3 Å². The number of ketones is 1. The van der Waals surface area contributed by atoms with Crippen LogP contribution in [0.15, 0.2) is 48.0 Å². The number of Topliss-reactive ketones (excluding diaryl/α,β-unsaturated/α-hetero) is 1. The lowest BCUT2D eigenvalue weighted by Crippen LogP contribution is -3.12. The number of benzene rings is 2. The number of likely N-dealkylation sites (tertiary alicyclic amines) is 1. The van der Waals surface area contributed by atoms with Crippen LogP contribution in [0.5, 0.6) is 5.75 Å². The van der Waals surface area contributed by atoms with Crippen molar-refractivity contribution in [3.8, 4) is 5.75 Å². The van der Waals surface area contributed by atoms with Gasteiger partial charge >= 0.3 is 0 Å². The number of rotatable bonds is 8. The Balaban J connectivity index is 2.13. The predicted molar refractivity (Wildman–Crippen MR) is 136 cm³/mol. The third-order valence-electron chi connectivity index (χ3n) is 6.99. The first-order valence-electron chi connectivity index (χ1n) is 12.4. The number of carbonyl (C=O) groups excluding carboxylic acids is 2. The van der Waals surface area contributed by atoms with Crippen LogP contribution in [0.25, 0.3) is 5.76 Å².